The van der Waals surface area contributed by atoms with E-state index in [1.807, 2.05) is 12.1 Å². The van der Waals surface area contributed by atoms with Gasteiger partial charge in [-0.3, -0.25) is 0 Å². The average Bonchev–Trinajstić information content (AvgIpc) is 3.95. The minimum atomic E-state index is -0.474. The number of hydrogen-bond donors (Lipinski definition) is 1. The number of hydrogen-bond acceptors (Lipinski definition) is 4. The molecule has 1 atom stereocenters. The summed E-state index contributed by atoms with van der Waals surface area (Å²) in [5, 5.41) is 20.2. The summed E-state index contributed by atoms with van der Waals surface area (Å²) < 4.78 is 8.85. The molecule has 12 aromatic carbocycles. The lowest BCUT2D eigenvalue weighted by Gasteiger charge is -2.27. The SMILES string of the molecule is c1ccc2cc3c(cc2c1)c1ccccc1n3-c1ccc(C2=NC(c3c4ccccc4cc4ccccc34)NC(c3c4ccccc4cc4ccccc34)=N2)cc1-c1ccc2oc3ccccc3c2c1. The first-order valence-electron chi connectivity index (χ1n) is 23.9. The van der Waals surface area contributed by atoms with Crippen molar-refractivity contribution in [2.75, 3.05) is 0 Å². The zero-order chi connectivity index (χ0) is 45.9. The standard InChI is InChI=1S/C65H40N4O/c1-2-16-40-38-58-54(35-39(40)15-1)51-25-11-13-27-56(51)69(58)57-31-29-46(37-53(57)45-30-32-60-55(36-45)52-26-12-14-28-59(52)70-60)63-66-64(61-47-21-7-3-17-41(47)33-42-18-4-8-22-48(42)61)68-65(67-63)62-49-23-9-5-19-43(49)34-44-20-6-10-24-50(44)62/h1-38,64H,(H,66,67,68). The van der Waals surface area contributed by atoms with Gasteiger partial charge in [0.05, 0.1) is 16.7 Å². The molecule has 0 radical (unpaired) electrons. The van der Waals surface area contributed by atoms with Crippen molar-refractivity contribution in [3.05, 3.63) is 247 Å². The van der Waals surface area contributed by atoms with Crippen LogP contribution in [0.25, 0.3) is 114 Å². The molecule has 1 aliphatic heterocycles. The molecule has 1 aliphatic rings. The van der Waals surface area contributed by atoms with E-state index >= 15 is 0 Å². The Labute approximate surface area is 401 Å². The van der Waals surface area contributed by atoms with Crippen LogP contribution in [-0.4, -0.2) is 16.2 Å². The molecule has 0 saturated heterocycles. The van der Waals surface area contributed by atoms with Gasteiger partial charge in [-0.2, -0.15) is 0 Å². The number of aliphatic imine (C=N–C) groups is 2. The lowest BCUT2D eigenvalue weighted by molar-refractivity contribution is 0.669. The molecule has 0 amide bonds. The Balaban J connectivity index is 1.03. The van der Waals surface area contributed by atoms with Gasteiger partial charge in [0.25, 0.3) is 0 Å². The van der Waals surface area contributed by atoms with Gasteiger partial charge in [0.2, 0.25) is 0 Å². The summed E-state index contributed by atoms with van der Waals surface area (Å²) in [5.41, 5.74) is 10.3. The molecule has 0 saturated carbocycles. The normalized spacial score (nSPS) is 14.1. The number of benzene rings is 12. The number of aromatic nitrogens is 1. The zero-order valence-electron chi connectivity index (χ0n) is 37.8. The molecule has 15 rings (SSSR count). The fraction of sp³-hybridized carbons (Fsp3) is 0.0154. The second-order valence-electron chi connectivity index (χ2n) is 18.5. The Morgan fingerprint density at radius 3 is 1.63 bits per heavy atom. The molecule has 0 fully saturated rings. The molecule has 70 heavy (non-hydrogen) atoms. The summed E-state index contributed by atoms with van der Waals surface area (Å²) in [7, 11) is 0. The Hall–Kier alpha value is -9.32. The number of nitrogens with zero attached hydrogens (tertiary/aromatic N) is 3. The van der Waals surface area contributed by atoms with E-state index in [4.69, 9.17) is 14.4 Å². The maximum absolute atomic E-state index is 6.40. The molecule has 326 valence electrons. The van der Waals surface area contributed by atoms with Crippen molar-refractivity contribution < 1.29 is 4.42 Å². The van der Waals surface area contributed by atoms with Crippen molar-refractivity contribution in [3.8, 4) is 16.8 Å². The van der Waals surface area contributed by atoms with Crippen LogP contribution in [0, 0.1) is 0 Å². The molecule has 0 spiro atoms. The highest BCUT2D eigenvalue weighted by molar-refractivity contribution is 6.25. The highest BCUT2D eigenvalue weighted by Crippen LogP contribution is 2.42. The van der Waals surface area contributed by atoms with Gasteiger partial charge in [-0.15, -0.1) is 0 Å². The van der Waals surface area contributed by atoms with Crippen LogP contribution in [0.1, 0.15) is 22.9 Å². The topological polar surface area (TPSA) is 54.8 Å². The van der Waals surface area contributed by atoms with Crippen molar-refractivity contribution in [1.29, 1.82) is 0 Å². The van der Waals surface area contributed by atoms with Crippen LogP contribution in [-0.2, 0) is 0 Å². The number of rotatable bonds is 5. The van der Waals surface area contributed by atoms with Crippen LogP contribution in [0.2, 0.25) is 0 Å². The van der Waals surface area contributed by atoms with E-state index in [-0.39, 0.29) is 0 Å². The second-order valence-corrected chi connectivity index (χ2v) is 18.5. The number of furan rings is 1. The first-order valence-corrected chi connectivity index (χ1v) is 23.9. The highest BCUT2D eigenvalue weighted by atomic mass is 16.3. The van der Waals surface area contributed by atoms with Crippen LogP contribution < -0.4 is 5.32 Å². The molecule has 2 aromatic heterocycles. The number of para-hydroxylation sites is 2. The van der Waals surface area contributed by atoms with Crippen LogP contribution in [0.5, 0.6) is 0 Å². The minimum Gasteiger partial charge on any atom is -0.456 e. The van der Waals surface area contributed by atoms with Gasteiger partial charge in [-0.25, -0.2) is 9.98 Å². The third kappa shape index (κ3) is 5.91. The predicted octanol–water partition coefficient (Wildman–Crippen LogP) is 16.6. The van der Waals surface area contributed by atoms with Crippen molar-refractivity contribution in [3.63, 3.8) is 0 Å². The zero-order valence-corrected chi connectivity index (χ0v) is 37.8. The number of nitrogens with one attached hydrogen (secondary N) is 1. The van der Waals surface area contributed by atoms with Gasteiger partial charge in [-0.1, -0.05) is 164 Å². The Bertz CT molecular complexity index is 4480. The number of fused-ring (bicyclic) bond motifs is 11. The second kappa shape index (κ2) is 15.1. The largest absolute Gasteiger partial charge is 0.456 e. The molecule has 5 heteroatoms. The molecule has 0 aliphatic carbocycles. The maximum Gasteiger partial charge on any atom is 0.159 e. The molecule has 0 bridgehead atoms. The van der Waals surface area contributed by atoms with Crippen LogP contribution in [0.3, 0.4) is 0 Å². The first-order chi connectivity index (χ1) is 34.7. The third-order valence-electron chi connectivity index (χ3n) is 14.6. The summed E-state index contributed by atoms with van der Waals surface area (Å²) in [5.74, 6) is 1.44. The van der Waals surface area contributed by atoms with E-state index in [1.54, 1.807) is 0 Å². The van der Waals surface area contributed by atoms with Gasteiger partial charge < -0.3 is 14.3 Å². The molecule has 5 nitrogen and oxygen atoms in total. The fourth-order valence-corrected chi connectivity index (χ4v) is 11.4. The van der Waals surface area contributed by atoms with E-state index in [9.17, 15) is 0 Å². The Kier molecular flexibility index (Phi) is 8.36. The lowest BCUT2D eigenvalue weighted by atomic mass is 9.93. The van der Waals surface area contributed by atoms with Crippen molar-refractivity contribution >= 4 is 109 Å². The maximum atomic E-state index is 6.40. The monoisotopic (exact) mass is 892 g/mol. The van der Waals surface area contributed by atoms with Crippen molar-refractivity contribution in [2.45, 2.75) is 6.17 Å². The quantitative estimate of drug-likeness (QED) is 0.175. The molecular formula is C65H40N4O. The Morgan fingerprint density at radius 2 is 0.929 bits per heavy atom. The summed E-state index contributed by atoms with van der Waals surface area (Å²) in [4.78, 5) is 11.3. The van der Waals surface area contributed by atoms with Gasteiger partial charge in [0.15, 0.2) is 5.84 Å². The van der Waals surface area contributed by atoms with Crippen molar-refractivity contribution in [1.82, 2.24) is 9.88 Å². The average molecular weight is 893 g/mol. The summed E-state index contributed by atoms with van der Waals surface area (Å²) in [6, 6.07) is 83.0. The molecule has 14 aromatic rings. The van der Waals surface area contributed by atoms with E-state index in [1.165, 1.54) is 32.3 Å². The summed E-state index contributed by atoms with van der Waals surface area (Å²) in [6.45, 7) is 0. The predicted molar refractivity (Wildman–Crippen MR) is 293 cm³/mol. The van der Waals surface area contributed by atoms with E-state index in [0.717, 1.165) is 105 Å². The smallest absolute Gasteiger partial charge is 0.159 e. The number of amidine groups is 2. The van der Waals surface area contributed by atoms with Gasteiger partial charge in [0, 0.05) is 43.8 Å². The van der Waals surface area contributed by atoms with E-state index in [0.29, 0.717) is 5.84 Å². The summed E-state index contributed by atoms with van der Waals surface area (Å²) >= 11 is 0. The Morgan fingerprint density at radius 1 is 0.386 bits per heavy atom. The minimum absolute atomic E-state index is 0.474. The van der Waals surface area contributed by atoms with Gasteiger partial charge in [-0.05, 0) is 126 Å². The third-order valence-corrected chi connectivity index (χ3v) is 14.6. The molecule has 3 heterocycles. The highest BCUT2D eigenvalue weighted by Gasteiger charge is 2.28. The van der Waals surface area contributed by atoms with Crippen molar-refractivity contribution in [2.24, 2.45) is 9.98 Å². The van der Waals surface area contributed by atoms with E-state index < -0.39 is 6.17 Å². The van der Waals surface area contributed by atoms with Crippen LogP contribution >= 0.6 is 0 Å². The first kappa shape index (κ1) is 38.8. The van der Waals surface area contributed by atoms with Crippen LogP contribution in [0.15, 0.2) is 245 Å². The molecule has 1 unspecified atom stereocenters. The van der Waals surface area contributed by atoms with Gasteiger partial charge >= 0.3 is 0 Å². The van der Waals surface area contributed by atoms with E-state index in [2.05, 4.69) is 228 Å². The fourth-order valence-electron chi connectivity index (χ4n) is 11.4. The molecular weight excluding hydrogens is 853 g/mol. The van der Waals surface area contributed by atoms with Crippen LogP contribution in [0.4, 0.5) is 0 Å². The molecule has 1 N–H and O–H groups in total. The lowest BCUT2D eigenvalue weighted by Crippen LogP contribution is -2.34. The van der Waals surface area contributed by atoms with Gasteiger partial charge in [0.1, 0.15) is 23.2 Å². The summed E-state index contributed by atoms with van der Waals surface area (Å²) in [6.07, 6.45) is -0.474.